The molecular formula is C12H9BrN2O4. The van der Waals surface area contributed by atoms with Crippen molar-refractivity contribution in [2.45, 2.75) is 0 Å². The summed E-state index contributed by atoms with van der Waals surface area (Å²) in [5, 5.41) is 10.9. The summed E-state index contributed by atoms with van der Waals surface area (Å²) in [5.74, 6) is 0.825. The van der Waals surface area contributed by atoms with E-state index < -0.39 is 4.92 Å². The van der Waals surface area contributed by atoms with Gasteiger partial charge in [0.2, 0.25) is 5.88 Å². The molecule has 0 radical (unpaired) electrons. The van der Waals surface area contributed by atoms with Gasteiger partial charge in [-0.2, -0.15) is 0 Å². The molecule has 0 spiro atoms. The fourth-order valence-electron chi connectivity index (χ4n) is 1.43. The van der Waals surface area contributed by atoms with Crippen LogP contribution in [0, 0.1) is 10.1 Å². The Kier molecular flexibility index (Phi) is 3.96. The van der Waals surface area contributed by atoms with E-state index in [0.717, 1.165) is 0 Å². The molecule has 0 saturated carbocycles. The average molecular weight is 325 g/mol. The summed E-state index contributed by atoms with van der Waals surface area (Å²) in [4.78, 5) is 14.4. The van der Waals surface area contributed by atoms with E-state index in [9.17, 15) is 10.1 Å². The molecule has 0 aliphatic rings. The summed E-state index contributed by atoms with van der Waals surface area (Å²) in [6.07, 6.45) is 1.57. The van der Waals surface area contributed by atoms with Crippen LogP contribution in [0.5, 0.6) is 17.4 Å². The summed E-state index contributed by atoms with van der Waals surface area (Å²) in [7, 11) is 1.37. The van der Waals surface area contributed by atoms with Gasteiger partial charge in [-0.25, -0.2) is 4.98 Å². The Balaban J connectivity index is 2.34. The quantitative estimate of drug-likeness (QED) is 0.635. The van der Waals surface area contributed by atoms with Crippen LogP contribution >= 0.6 is 15.9 Å². The minimum absolute atomic E-state index is 0.160. The minimum atomic E-state index is -0.529. The summed E-state index contributed by atoms with van der Waals surface area (Å²) >= 11 is 3.28. The third-order valence-corrected chi connectivity index (χ3v) is 2.89. The number of hydrogen-bond acceptors (Lipinski definition) is 5. The van der Waals surface area contributed by atoms with Crippen molar-refractivity contribution in [3.05, 3.63) is 51.1 Å². The van der Waals surface area contributed by atoms with Crippen LogP contribution in [-0.4, -0.2) is 17.0 Å². The number of halogens is 1. The van der Waals surface area contributed by atoms with Crippen LogP contribution in [-0.2, 0) is 0 Å². The van der Waals surface area contributed by atoms with Crippen molar-refractivity contribution >= 4 is 21.6 Å². The third kappa shape index (κ3) is 3.00. The van der Waals surface area contributed by atoms with E-state index in [1.54, 1.807) is 24.4 Å². The summed E-state index contributed by atoms with van der Waals surface area (Å²) in [5.41, 5.74) is -0.160. The van der Waals surface area contributed by atoms with Gasteiger partial charge < -0.3 is 9.47 Å². The number of benzene rings is 1. The Bertz CT molecular complexity index is 618. The minimum Gasteiger partial charge on any atom is -0.490 e. The van der Waals surface area contributed by atoms with Crippen molar-refractivity contribution in [1.82, 2.24) is 4.98 Å². The second kappa shape index (κ2) is 5.66. The van der Waals surface area contributed by atoms with Gasteiger partial charge in [0.1, 0.15) is 5.75 Å². The highest BCUT2D eigenvalue weighted by atomic mass is 79.9. The van der Waals surface area contributed by atoms with Gasteiger partial charge in [-0.05, 0) is 40.2 Å². The van der Waals surface area contributed by atoms with E-state index in [1.807, 2.05) is 0 Å². The maximum Gasteiger partial charge on any atom is 0.314 e. The molecule has 1 heterocycles. The van der Waals surface area contributed by atoms with Gasteiger partial charge in [0.15, 0.2) is 5.75 Å². The van der Waals surface area contributed by atoms with Crippen molar-refractivity contribution in [2.24, 2.45) is 0 Å². The van der Waals surface area contributed by atoms with E-state index in [0.29, 0.717) is 16.1 Å². The Morgan fingerprint density at radius 2 is 2.16 bits per heavy atom. The standard InChI is InChI=1S/C12H9BrN2O4/c1-18-11-5-4-8(7-10(11)15(16)17)19-12-9(13)3-2-6-14-12/h2-7H,1H3. The average Bonchev–Trinajstić information content (AvgIpc) is 2.41. The lowest BCUT2D eigenvalue weighted by atomic mass is 10.3. The van der Waals surface area contributed by atoms with E-state index in [4.69, 9.17) is 9.47 Å². The fourth-order valence-corrected chi connectivity index (χ4v) is 1.77. The van der Waals surface area contributed by atoms with E-state index in [2.05, 4.69) is 20.9 Å². The maximum absolute atomic E-state index is 10.9. The number of nitro benzene ring substituents is 1. The zero-order valence-corrected chi connectivity index (χ0v) is 11.5. The maximum atomic E-state index is 10.9. The number of ether oxygens (including phenoxy) is 2. The predicted octanol–water partition coefficient (Wildman–Crippen LogP) is 3.55. The first kappa shape index (κ1) is 13.3. The molecule has 0 aliphatic heterocycles. The van der Waals surface area contributed by atoms with Crippen molar-refractivity contribution in [3.8, 4) is 17.4 Å². The number of nitro groups is 1. The normalized spacial score (nSPS) is 10.0. The predicted molar refractivity (Wildman–Crippen MR) is 71.7 cm³/mol. The number of hydrogen-bond donors (Lipinski definition) is 0. The highest BCUT2D eigenvalue weighted by Crippen LogP contribution is 2.34. The number of methoxy groups -OCH3 is 1. The molecule has 2 rings (SSSR count). The lowest BCUT2D eigenvalue weighted by molar-refractivity contribution is -0.385. The molecule has 0 fully saturated rings. The molecular weight excluding hydrogens is 316 g/mol. The molecule has 0 N–H and O–H groups in total. The number of rotatable bonds is 4. The van der Waals surface area contributed by atoms with Crippen molar-refractivity contribution in [2.75, 3.05) is 7.11 Å². The van der Waals surface area contributed by atoms with Crippen LogP contribution < -0.4 is 9.47 Å². The topological polar surface area (TPSA) is 74.5 Å². The van der Waals surface area contributed by atoms with Crippen molar-refractivity contribution < 1.29 is 14.4 Å². The first-order valence-electron chi connectivity index (χ1n) is 5.22. The zero-order valence-electron chi connectivity index (χ0n) is 9.87. The van der Waals surface area contributed by atoms with Gasteiger partial charge in [-0.1, -0.05) is 0 Å². The van der Waals surface area contributed by atoms with Crippen molar-refractivity contribution in [3.63, 3.8) is 0 Å². The van der Waals surface area contributed by atoms with Crippen LogP contribution in [0.3, 0.4) is 0 Å². The Hall–Kier alpha value is -2.15. The molecule has 1 aromatic heterocycles. The lowest BCUT2D eigenvalue weighted by Crippen LogP contribution is -1.95. The van der Waals surface area contributed by atoms with Crippen LogP contribution in [0.2, 0.25) is 0 Å². The van der Waals surface area contributed by atoms with Gasteiger partial charge in [-0.15, -0.1) is 0 Å². The molecule has 6 nitrogen and oxygen atoms in total. The first-order chi connectivity index (χ1) is 9.11. The van der Waals surface area contributed by atoms with E-state index >= 15 is 0 Å². The number of aromatic nitrogens is 1. The lowest BCUT2D eigenvalue weighted by Gasteiger charge is -2.07. The van der Waals surface area contributed by atoms with E-state index in [-0.39, 0.29) is 11.4 Å². The SMILES string of the molecule is COc1ccc(Oc2ncccc2Br)cc1[N+](=O)[O-]. The third-order valence-electron chi connectivity index (χ3n) is 2.29. The van der Waals surface area contributed by atoms with Gasteiger partial charge in [0.25, 0.3) is 0 Å². The van der Waals surface area contributed by atoms with Crippen LogP contribution in [0.25, 0.3) is 0 Å². The highest BCUT2D eigenvalue weighted by molar-refractivity contribution is 9.10. The Labute approximate surface area is 117 Å². The highest BCUT2D eigenvalue weighted by Gasteiger charge is 2.16. The first-order valence-corrected chi connectivity index (χ1v) is 6.02. The van der Waals surface area contributed by atoms with Crippen LogP contribution in [0.4, 0.5) is 5.69 Å². The second-order valence-corrected chi connectivity index (χ2v) is 4.34. The molecule has 0 unspecified atom stereocenters. The molecule has 1 aromatic carbocycles. The van der Waals surface area contributed by atoms with Crippen LogP contribution in [0.15, 0.2) is 41.0 Å². The molecule has 0 aliphatic carbocycles. The van der Waals surface area contributed by atoms with E-state index in [1.165, 1.54) is 19.2 Å². The van der Waals surface area contributed by atoms with Gasteiger partial charge >= 0.3 is 5.69 Å². The largest absolute Gasteiger partial charge is 0.490 e. The van der Waals surface area contributed by atoms with Crippen molar-refractivity contribution in [1.29, 1.82) is 0 Å². The van der Waals surface area contributed by atoms with Gasteiger partial charge in [0, 0.05) is 6.20 Å². The van der Waals surface area contributed by atoms with Gasteiger partial charge in [-0.3, -0.25) is 10.1 Å². The smallest absolute Gasteiger partial charge is 0.314 e. The molecule has 0 bridgehead atoms. The van der Waals surface area contributed by atoms with Crippen LogP contribution in [0.1, 0.15) is 0 Å². The Morgan fingerprint density at radius 1 is 1.37 bits per heavy atom. The zero-order chi connectivity index (χ0) is 13.8. The number of pyridine rings is 1. The molecule has 98 valence electrons. The molecule has 2 aromatic rings. The van der Waals surface area contributed by atoms with Gasteiger partial charge in [0.05, 0.1) is 22.6 Å². The molecule has 0 atom stereocenters. The molecule has 0 saturated heterocycles. The summed E-state index contributed by atoms with van der Waals surface area (Å²) < 4.78 is 11.1. The Morgan fingerprint density at radius 3 is 2.79 bits per heavy atom. The molecule has 7 heteroatoms. The summed E-state index contributed by atoms with van der Waals surface area (Å²) in [6, 6.07) is 7.85. The monoisotopic (exact) mass is 324 g/mol. The second-order valence-electron chi connectivity index (χ2n) is 3.48. The molecule has 0 amide bonds. The molecule has 19 heavy (non-hydrogen) atoms. The fraction of sp³-hybridized carbons (Fsp3) is 0.0833. The summed E-state index contributed by atoms with van der Waals surface area (Å²) in [6.45, 7) is 0. The number of nitrogens with zero attached hydrogens (tertiary/aromatic N) is 2.